The van der Waals surface area contributed by atoms with E-state index in [-0.39, 0.29) is 12.5 Å². The van der Waals surface area contributed by atoms with Crippen molar-refractivity contribution >= 4 is 11.6 Å². The lowest BCUT2D eigenvalue weighted by Gasteiger charge is -2.29. The van der Waals surface area contributed by atoms with Crippen molar-refractivity contribution in [1.82, 2.24) is 9.55 Å². The molecule has 0 saturated carbocycles. The first kappa shape index (κ1) is 13.6. The molecule has 6 heteroatoms. The Labute approximate surface area is 122 Å². The van der Waals surface area contributed by atoms with Gasteiger partial charge >= 0.3 is 0 Å². The van der Waals surface area contributed by atoms with E-state index in [1.807, 2.05) is 28.8 Å². The lowest BCUT2D eigenvalue weighted by atomic mass is 10.2. The van der Waals surface area contributed by atoms with Gasteiger partial charge < -0.3 is 14.0 Å². The van der Waals surface area contributed by atoms with Gasteiger partial charge in [0.25, 0.3) is 5.91 Å². The fourth-order valence-corrected chi connectivity index (χ4v) is 2.36. The molecule has 6 nitrogen and oxygen atoms in total. The van der Waals surface area contributed by atoms with Crippen LogP contribution in [-0.2, 0) is 22.6 Å². The van der Waals surface area contributed by atoms with E-state index >= 15 is 0 Å². The van der Waals surface area contributed by atoms with Crippen LogP contribution in [0.1, 0.15) is 5.69 Å². The predicted molar refractivity (Wildman–Crippen MR) is 77.2 cm³/mol. The third kappa shape index (κ3) is 2.75. The standard InChI is InChI=1S/C15H17N3O3/c1-20-7-6-17-11-16-8-12(17)9-18-13-4-2-3-5-14(13)21-10-15(18)19/h2-5,8,11H,6-7,9-10H2,1H3. The molecule has 2 heterocycles. The number of nitrogens with zero attached hydrogens (tertiary/aromatic N) is 3. The minimum Gasteiger partial charge on any atom is -0.482 e. The molecule has 2 aromatic rings. The monoisotopic (exact) mass is 287 g/mol. The summed E-state index contributed by atoms with van der Waals surface area (Å²) in [5, 5.41) is 0. The van der Waals surface area contributed by atoms with Crippen LogP contribution < -0.4 is 9.64 Å². The normalized spacial score (nSPS) is 14.0. The maximum absolute atomic E-state index is 12.2. The Hall–Kier alpha value is -2.34. The highest BCUT2D eigenvalue weighted by Crippen LogP contribution is 2.32. The van der Waals surface area contributed by atoms with Gasteiger partial charge in [-0.1, -0.05) is 12.1 Å². The molecule has 0 saturated heterocycles. The van der Waals surface area contributed by atoms with Crippen LogP contribution in [0.5, 0.6) is 5.75 Å². The number of methoxy groups -OCH3 is 1. The lowest BCUT2D eigenvalue weighted by molar-refractivity contribution is -0.121. The highest BCUT2D eigenvalue weighted by molar-refractivity contribution is 5.97. The van der Waals surface area contributed by atoms with Gasteiger partial charge in [-0.2, -0.15) is 0 Å². The number of fused-ring (bicyclic) bond motifs is 1. The topological polar surface area (TPSA) is 56.6 Å². The average molecular weight is 287 g/mol. The first-order valence-electron chi connectivity index (χ1n) is 6.79. The van der Waals surface area contributed by atoms with Gasteiger partial charge in [-0.3, -0.25) is 9.69 Å². The van der Waals surface area contributed by atoms with Gasteiger partial charge in [-0.05, 0) is 12.1 Å². The van der Waals surface area contributed by atoms with Crippen LogP contribution in [0.4, 0.5) is 5.69 Å². The second-order valence-corrected chi connectivity index (χ2v) is 4.81. The van der Waals surface area contributed by atoms with E-state index in [1.165, 1.54) is 0 Å². The summed E-state index contributed by atoms with van der Waals surface area (Å²) in [7, 11) is 1.67. The molecule has 1 aromatic carbocycles. The molecular weight excluding hydrogens is 270 g/mol. The first-order valence-corrected chi connectivity index (χ1v) is 6.79. The minimum absolute atomic E-state index is 0.0480. The number of hydrogen-bond donors (Lipinski definition) is 0. The van der Waals surface area contributed by atoms with Crippen LogP contribution in [0.2, 0.25) is 0 Å². The number of rotatable bonds is 5. The summed E-state index contributed by atoms with van der Waals surface area (Å²) in [6, 6.07) is 7.56. The fraction of sp³-hybridized carbons (Fsp3) is 0.333. The number of para-hydroxylation sites is 2. The van der Waals surface area contributed by atoms with Crippen molar-refractivity contribution < 1.29 is 14.3 Å². The van der Waals surface area contributed by atoms with Crippen molar-refractivity contribution in [3.05, 3.63) is 42.5 Å². The Balaban J connectivity index is 1.84. The largest absolute Gasteiger partial charge is 0.482 e. The van der Waals surface area contributed by atoms with Gasteiger partial charge in [0.2, 0.25) is 0 Å². The predicted octanol–water partition coefficient (Wildman–Crippen LogP) is 1.46. The van der Waals surface area contributed by atoms with Crippen LogP contribution in [-0.4, -0.2) is 35.8 Å². The average Bonchev–Trinajstić information content (AvgIpc) is 2.95. The maximum Gasteiger partial charge on any atom is 0.265 e. The van der Waals surface area contributed by atoms with E-state index in [0.29, 0.717) is 19.7 Å². The van der Waals surface area contributed by atoms with Gasteiger partial charge in [0.05, 0.1) is 30.9 Å². The summed E-state index contributed by atoms with van der Waals surface area (Å²) >= 11 is 0. The minimum atomic E-state index is -0.0480. The molecular formula is C15H17N3O3. The zero-order chi connectivity index (χ0) is 14.7. The molecule has 1 amide bonds. The summed E-state index contributed by atoms with van der Waals surface area (Å²) in [4.78, 5) is 18.1. The molecule has 0 atom stereocenters. The van der Waals surface area contributed by atoms with Crippen molar-refractivity contribution in [1.29, 1.82) is 0 Å². The molecule has 21 heavy (non-hydrogen) atoms. The van der Waals surface area contributed by atoms with Crippen LogP contribution in [0, 0.1) is 0 Å². The number of hydrogen-bond acceptors (Lipinski definition) is 4. The van der Waals surface area contributed by atoms with Crippen molar-refractivity contribution in [3.8, 4) is 5.75 Å². The quantitative estimate of drug-likeness (QED) is 0.835. The van der Waals surface area contributed by atoms with E-state index in [4.69, 9.17) is 9.47 Å². The highest BCUT2D eigenvalue weighted by Gasteiger charge is 2.25. The molecule has 1 aromatic heterocycles. The third-order valence-electron chi connectivity index (χ3n) is 3.46. The molecule has 3 rings (SSSR count). The number of anilines is 1. The summed E-state index contributed by atoms with van der Waals surface area (Å²) in [5.74, 6) is 0.688. The lowest BCUT2D eigenvalue weighted by Crippen LogP contribution is -2.38. The van der Waals surface area contributed by atoms with Gasteiger partial charge in [0.15, 0.2) is 6.61 Å². The van der Waals surface area contributed by atoms with Gasteiger partial charge in [-0.15, -0.1) is 0 Å². The van der Waals surface area contributed by atoms with Crippen molar-refractivity contribution in [2.24, 2.45) is 0 Å². The molecule has 1 aliphatic rings. The van der Waals surface area contributed by atoms with Crippen LogP contribution in [0.3, 0.4) is 0 Å². The van der Waals surface area contributed by atoms with Gasteiger partial charge in [0, 0.05) is 19.9 Å². The zero-order valence-corrected chi connectivity index (χ0v) is 11.9. The fourth-order valence-electron chi connectivity index (χ4n) is 2.36. The van der Waals surface area contributed by atoms with Crippen LogP contribution in [0.15, 0.2) is 36.8 Å². The number of ether oxygens (including phenoxy) is 2. The third-order valence-corrected chi connectivity index (χ3v) is 3.46. The van der Waals surface area contributed by atoms with E-state index < -0.39 is 0 Å². The van der Waals surface area contributed by atoms with E-state index in [1.54, 1.807) is 24.5 Å². The Morgan fingerprint density at radius 3 is 3.10 bits per heavy atom. The smallest absolute Gasteiger partial charge is 0.265 e. The van der Waals surface area contributed by atoms with E-state index in [0.717, 1.165) is 17.1 Å². The van der Waals surface area contributed by atoms with Crippen LogP contribution >= 0.6 is 0 Å². The Morgan fingerprint density at radius 2 is 2.24 bits per heavy atom. The second-order valence-electron chi connectivity index (χ2n) is 4.81. The summed E-state index contributed by atoms with van der Waals surface area (Å²) in [5.41, 5.74) is 1.77. The molecule has 0 bridgehead atoms. The second kappa shape index (κ2) is 5.97. The van der Waals surface area contributed by atoms with Crippen molar-refractivity contribution in [3.63, 3.8) is 0 Å². The molecule has 0 radical (unpaired) electrons. The molecule has 0 unspecified atom stereocenters. The first-order chi connectivity index (χ1) is 10.3. The van der Waals surface area contributed by atoms with Gasteiger partial charge in [-0.25, -0.2) is 4.98 Å². The Bertz CT molecular complexity index is 639. The number of imidazole rings is 1. The van der Waals surface area contributed by atoms with Crippen molar-refractivity contribution in [2.45, 2.75) is 13.1 Å². The molecule has 0 aliphatic carbocycles. The highest BCUT2D eigenvalue weighted by atomic mass is 16.5. The molecule has 0 fully saturated rings. The van der Waals surface area contributed by atoms with E-state index in [2.05, 4.69) is 4.98 Å². The van der Waals surface area contributed by atoms with Crippen molar-refractivity contribution in [2.75, 3.05) is 25.2 Å². The zero-order valence-electron chi connectivity index (χ0n) is 11.9. The maximum atomic E-state index is 12.2. The number of carbonyl (C=O) groups excluding carboxylic acids is 1. The molecule has 0 N–H and O–H groups in total. The molecule has 0 spiro atoms. The number of carbonyl (C=O) groups is 1. The van der Waals surface area contributed by atoms with E-state index in [9.17, 15) is 4.79 Å². The molecule has 1 aliphatic heterocycles. The number of aromatic nitrogens is 2. The summed E-state index contributed by atoms with van der Waals surface area (Å²) in [6.07, 6.45) is 3.53. The summed E-state index contributed by atoms with van der Waals surface area (Å²) < 4.78 is 12.5. The summed E-state index contributed by atoms with van der Waals surface area (Å²) in [6.45, 7) is 1.87. The number of amides is 1. The Morgan fingerprint density at radius 1 is 1.38 bits per heavy atom. The number of benzene rings is 1. The molecule has 110 valence electrons. The Kier molecular flexibility index (Phi) is 3.87. The SMILES string of the molecule is COCCn1cncc1CN1C(=O)COc2ccccc21. The van der Waals surface area contributed by atoms with Gasteiger partial charge in [0.1, 0.15) is 5.75 Å². The van der Waals surface area contributed by atoms with Crippen LogP contribution in [0.25, 0.3) is 0 Å².